The normalized spacial score (nSPS) is 30.1. The quantitative estimate of drug-likeness (QED) is 0.473. The molecule has 1 aromatic carbocycles. The van der Waals surface area contributed by atoms with E-state index in [1.54, 1.807) is 20.8 Å². The number of alkyl carbamates (subject to hydrolysis) is 1. The Morgan fingerprint density at radius 2 is 1.90 bits per heavy atom. The number of carboxylic acid groups (broad SMARTS) is 1. The molecule has 40 heavy (non-hydrogen) atoms. The van der Waals surface area contributed by atoms with Crippen LogP contribution in [0.3, 0.4) is 0 Å². The molecular formula is C30H41N3O7. The SMILES string of the molecule is CC(C)(C)OC(=O)N[C@H]1CCCCC/C=C\[C@@H]2C[C@@]2(C(=O)O)NC(=O)[C@@H]2C[C@@H](OCc3ccccc3)CN2C1=O. The minimum absolute atomic E-state index is 0.152. The Balaban J connectivity index is 1.57. The second-order valence-electron chi connectivity index (χ2n) is 12.0. The third-order valence-corrected chi connectivity index (χ3v) is 7.64. The van der Waals surface area contributed by atoms with Gasteiger partial charge in [-0.15, -0.1) is 0 Å². The molecule has 0 bridgehead atoms. The molecule has 1 aliphatic carbocycles. The van der Waals surface area contributed by atoms with Crippen LogP contribution in [-0.4, -0.2) is 69.8 Å². The minimum atomic E-state index is -1.38. The van der Waals surface area contributed by atoms with E-state index in [1.807, 2.05) is 42.5 Å². The number of carbonyl (C=O) groups excluding carboxylic acids is 3. The van der Waals surface area contributed by atoms with Gasteiger partial charge in [-0.2, -0.15) is 0 Å². The van der Waals surface area contributed by atoms with Gasteiger partial charge < -0.3 is 30.1 Å². The molecule has 0 aromatic heterocycles. The fourth-order valence-corrected chi connectivity index (χ4v) is 5.42. The fraction of sp³-hybridized carbons (Fsp3) is 0.600. The maximum absolute atomic E-state index is 13.9. The summed E-state index contributed by atoms with van der Waals surface area (Å²) in [6.45, 7) is 5.71. The van der Waals surface area contributed by atoms with Gasteiger partial charge in [0.1, 0.15) is 23.2 Å². The van der Waals surface area contributed by atoms with Crippen molar-refractivity contribution in [1.82, 2.24) is 15.5 Å². The van der Waals surface area contributed by atoms with E-state index in [0.29, 0.717) is 25.9 Å². The van der Waals surface area contributed by atoms with Crippen LogP contribution in [0.15, 0.2) is 42.5 Å². The van der Waals surface area contributed by atoms with Crippen LogP contribution in [0.4, 0.5) is 4.79 Å². The van der Waals surface area contributed by atoms with E-state index in [2.05, 4.69) is 10.6 Å². The number of benzene rings is 1. The largest absolute Gasteiger partial charge is 0.479 e. The Hall–Kier alpha value is -3.40. The van der Waals surface area contributed by atoms with Gasteiger partial charge in [0.15, 0.2) is 0 Å². The molecule has 10 nitrogen and oxygen atoms in total. The summed E-state index contributed by atoms with van der Waals surface area (Å²) in [6.07, 6.45) is 6.81. The van der Waals surface area contributed by atoms with Gasteiger partial charge in [-0.3, -0.25) is 9.59 Å². The minimum Gasteiger partial charge on any atom is -0.479 e. The molecule has 1 saturated carbocycles. The highest BCUT2D eigenvalue weighted by molar-refractivity contribution is 5.96. The molecule has 2 fully saturated rings. The number of fused-ring (bicyclic) bond motifs is 2. The Morgan fingerprint density at radius 3 is 2.60 bits per heavy atom. The van der Waals surface area contributed by atoms with Crippen LogP contribution in [0, 0.1) is 5.92 Å². The second kappa shape index (κ2) is 12.4. The summed E-state index contributed by atoms with van der Waals surface area (Å²) in [5, 5.41) is 15.5. The van der Waals surface area contributed by atoms with Crippen molar-refractivity contribution in [1.29, 1.82) is 0 Å². The molecule has 3 aliphatic rings. The molecule has 5 atom stereocenters. The van der Waals surface area contributed by atoms with Gasteiger partial charge in [0.2, 0.25) is 11.8 Å². The Labute approximate surface area is 235 Å². The van der Waals surface area contributed by atoms with E-state index in [0.717, 1.165) is 24.8 Å². The Kier molecular flexibility index (Phi) is 9.18. The molecule has 1 aromatic rings. The van der Waals surface area contributed by atoms with Gasteiger partial charge in [0.05, 0.1) is 12.7 Å². The van der Waals surface area contributed by atoms with E-state index < -0.39 is 53.2 Å². The first-order chi connectivity index (χ1) is 19.0. The molecule has 0 unspecified atom stereocenters. The van der Waals surface area contributed by atoms with Crippen LogP contribution in [0.5, 0.6) is 0 Å². The molecular weight excluding hydrogens is 514 g/mol. The van der Waals surface area contributed by atoms with E-state index in [4.69, 9.17) is 9.47 Å². The van der Waals surface area contributed by atoms with Crippen molar-refractivity contribution in [3.63, 3.8) is 0 Å². The van der Waals surface area contributed by atoms with Crippen LogP contribution >= 0.6 is 0 Å². The summed E-state index contributed by atoms with van der Waals surface area (Å²) < 4.78 is 11.5. The highest BCUT2D eigenvalue weighted by atomic mass is 16.6. The van der Waals surface area contributed by atoms with Crippen molar-refractivity contribution in [2.45, 2.75) is 102 Å². The highest BCUT2D eigenvalue weighted by Gasteiger charge is 2.61. The number of hydrogen-bond acceptors (Lipinski definition) is 6. The molecule has 0 spiro atoms. The molecule has 2 aliphatic heterocycles. The van der Waals surface area contributed by atoms with Gasteiger partial charge in [0, 0.05) is 18.9 Å². The number of nitrogens with zero attached hydrogens (tertiary/aromatic N) is 1. The van der Waals surface area contributed by atoms with Crippen LogP contribution in [0.25, 0.3) is 0 Å². The van der Waals surface area contributed by atoms with E-state index >= 15 is 0 Å². The predicted molar refractivity (Wildman–Crippen MR) is 147 cm³/mol. The molecule has 218 valence electrons. The number of rotatable bonds is 5. The summed E-state index contributed by atoms with van der Waals surface area (Å²) in [7, 11) is 0. The highest BCUT2D eigenvalue weighted by Crippen LogP contribution is 2.45. The van der Waals surface area contributed by atoms with Crippen LogP contribution < -0.4 is 10.6 Å². The predicted octanol–water partition coefficient (Wildman–Crippen LogP) is 3.55. The van der Waals surface area contributed by atoms with Crippen molar-refractivity contribution >= 4 is 23.9 Å². The second-order valence-corrected chi connectivity index (χ2v) is 12.0. The monoisotopic (exact) mass is 555 g/mol. The van der Waals surface area contributed by atoms with E-state index in [-0.39, 0.29) is 18.9 Å². The molecule has 0 radical (unpaired) electrons. The standard InChI is InChI=1S/C30H41N3O7/c1-29(2,3)40-28(38)31-23-15-11-6-4-5-10-14-21-17-30(21,27(36)37)32-25(34)24-16-22(18-33(24)26(23)35)39-19-20-12-8-7-9-13-20/h7-10,12-14,21-24H,4-6,11,15-19H2,1-3H3,(H,31,38)(H,32,34)(H,36,37)/b14-10-/t21-,22-,23+,24+,30-/m1/s1. The lowest BCUT2D eigenvalue weighted by atomic mass is 10.0. The zero-order valence-electron chi connectivity index (χ0n) is 23.6. The number of carboxylic acids is 1. The van der Waals surface area contributed by atoms with Crippen LogP contribution in [-0.2, 0) is 30.5 Å². The molecule has 2 heterocycles. The fourth-order valence-electron chi connectivity index (χ4n) is 5.42. The van der Waals surface area contributed by atoms with Gasteiger partial charge in [-0.05, 0) is 52.0 Å². The van der Waals surface area contributed by atoms with Gasteiger partial charge in [-0.1, -0.05) is 55.3 Å². The Morgan fingerprint density at radius 1 is 1.15 bits per heavy atom. The van der Waals surface area contributed by atoms with Gasteiger partial charge in [-0.25, -0.2) is 9.59 Å². The van der Waals surface area contributed by atoms with Crippen molar-refractivity contribution in [3.8, 4) is 0 Å². The topological polar surface area (TPSA) is 134 Å². The molecule has 1 saturated heterocycles. The first-order valence-electron chi connectivity index (χ1n) is 14.2. The van der Waals surface area contributed by atoms with Crippen LogP contribution in [0.2, 0.25) is 0 Å². The van der Waals surface area contributed by atoms with Crippen molar-refractivity contribution in [2.24, 2.45) is 5.92 Å². The summed E-state index contributed by atoms with van der Waals surface area (Å²) in [4.78, 5) is 53.8. The number of nitrogens with one attached hydrogen (secondary N) is 2. The lowest BCUT2D eigenvalue weighted by Gasteiger charge is -2.30. The summed E-state index contributed by atoms with van der Waals surface area (Å²) in [6, 6.07) is 7.78. The first-order valence-corrected chi connectivity index (χ1v) is 14.2. The number of aliphatic carboxylic acids is 1. The van der Waals surface area contributed by atoms with Crippen LogP contribution in [0.1, 0.15) is 71.3 Å². The number of carbonyl (C=O) groups is 4. The Bertz CT molecular complexity index is 1120. The average Bonchev–Trinajstić information content (AvgIpc) is 3.41. The van der Waals surface area contributed by atoms with Gasteiger partial charge >= 0.3 is 12.1 Å². The smallest absolute Gasteiger partial charge is 0.408 e. The molecule has 3 N–H and O–H groups in total. The maximum atomic E-state index is 13.9. The van der Waals surface area contributed by atoms with Crippen molar-refractivity contribution in [2.75, 3.05) is 6.54 Å². The average molecular weight is 556 g/mol. The van der Waals surface area contributed by atoms with Crippen molar-refractivity contribution < 1.29 is 33.8 Å². The first kappa shape index (κ1) is 29.6. The lowest BCUT2D eigenvalue weighted by Crippen LogP contribution is -2.56. The third kappa shape index (κ3) is 7.41. The van der Waals surface area contributed by atoms with Crippen molar-refractivity contribution in [3.05, 3.63) is 48.0 Å². The lowest BCUT2D eigenvalue weighted by molar-refractivity contribution is -0.145. The number of amides is 3. The van der Waals surface area contributed by atoms with E-state index in [9.17, 15) is 24.3 Å². The molecule has 4 rings (SSSR count). The zero-order valence-corrected chi connectivity index (χ0v) is 23.6. The zero-order chi connectivity index (χ0) is 28.9. The third-order valence-electron chi connectivity index (χ3n) is 7.64. The summed E-state index contributed by atoms with van der Waals surface area (Å²) >= 11 is 0. The number of ether oxygens (including phenoxy) is 2. The van der Waals surface area contributed by atoms with Gasteiger partial charge in [0.25, 0.3) is 0 Å². The number of allylic oxidation sites excluding steroid dienone is 1. The maximum Gasteiger partial charge on any atom is 0.408 e. The molecule has 3 amide bonds. The summed E-state index contributed by atoms with van der Waals surface area (Å²) in [5.41, 5.74) is -1.15. The molecule has 10 heteroatoms. The summed E-state index contributed by atoms with van der Waals surface area (Å²) in [5.74, 6) is -2.31. The number of hydrogen-bond donors (Lipinski definition) is 3. The van der Waals surface area contributed by atoms with E-state index in [1.165, 1.54) is 4.90 Å².